The molecule has 0 aromatic carbocycles. The Morgan fingerprint density at radius 1 is 1.50 bits per heavy atom. The maximum Gasteiger partial charge on any atom is 0.137 e. The van der Waals surface area contributed by atoms with Crippen molar-refractivity contribution in [3.63, 3.8) is 0 Å². The molecule has 4 nitrogen and oxygen atoms in total. The molecular weight excluding hydrogens is 250 g/mol. The largest absolute Gasteiger partial charge is 0.392 e. The third kappa shape index (κ3) is 2.58. The Balaban J connectivity index is 1.94. The first-order valence-corrected chi connectivity index (χ1v) is 7.51. The van der Waals surface area contributed by atoms with E-state index >= 15 is 0 Å². The number of nitrogens with zero attached hydrogens (tertiary/aromatic N) is 2. The predicted molar refractivity (Wildman–Crippen MR) is 80.7 cm³/mol. The molecule has 3 rings (SSSR count). The van der Waals surface area contributed by atoms with Crippen LogP contribution in [0.15, 0.2) is 18.3 Å². The maximum atomic E-state index is 9.84. The van der Waals surface area contributed by atoms with Gasteiger partial charge in [-0.15, -0.1) is 0 Å². The second-order valence-corrected chi connectivity index (χ2v) is 6.10. The van der Waals surface area contributed by atoms with Crippen LogP contribution >= 0.6 is 0 Å². The minimum absolute atomic E-state index is 0.172. The fourth-order valence-corrected chi connectivity index (χ4v) is 3.16. The fraction of sp³-hybridized carbons (Fsp3) is 0.562. The molecule has 1 aliphatic rings. The lowest BCUT2D eigenvalue weighted by Gasteiger charge is -2.30. The van der Waals surface area contributed by atoms with E-state index in [0.717, 1.165) is 38.1 Å². The van der Waals surface area contributed by atoms with Gasteiger partial charge in [-0.05, 0) is 43.0 Å². The number of hydrogen-bond acceptors (Lipinski definition) is 3. The van der Waals surface area contributed by atoms with Crippen LogP contribution in [-0.2, 0) is 6.54 Å². The molecule has 1 atom stereocenters. The molecule has 0 saturated carbocycles. The van der Waals surface area contributed by atoms with Crippen LogP contribution in [0.5, 0.6) is 0 Å². The molecular formula is C16H23N3O. The van der Waals surface area contributed by atoms with E-state index in [-0.39, 0.29) is 6.10 Å². The zero-order valence-corrected chi connectivity index (χ0v) is 12.3. The Kier molecular flexibility index (Phi) is 3.76. The van der Waals surface area contributed by atoms with Gasteiger partial charge in [0.1, 0.15) is 5.65 Å². The molecule has 2 aromatic heterocycles. The van der Waals surface area contributed by atoms with Crippen molar-refractivity contribution in [3.05, 3.63) is 29.6 Å². The quantitative estimate of drug-likeness (QED) is 0.904. The molecule has 1 saturated heterocycles. The van der Waals surface area contributed by atoms with E-state index < -0.39 is 0 Å². The molecule has 0 radical (unpaired) electrons. The summed E-state index contributed by atoms with van der Waals surface area (Å²) in [5.74, 6) is 0.453. The maximum absolute atomic E-state index is 9.84. The van der Waals surface area contributed by atoms with Crippen LogP contribution in [0.3, 0.4) is 0 Å². The number of hydrogen-bond donors (Lipinski definition) is 2. The van der Waals surface area contributed by atoms with Crippen LogP contribution in [0.25, 0.3) is 11.0 Å². The second kappa shape index (κ2) is 5.54. The first-order valence-electron chi connectivity index (χ1n) is 7.51. The van der Waals surface area contributed by atoms with Crippen molar-refractivity contribution in [3.8, 4) is 0 Å². The average molecular weight is 273 g/mol. The molecule has 1 fully saturated rings. The molecule has 0 aliphatic carbocycles. The first-order chi connectivity index (χ1) is 9.65. The number of aromatic nitrogens is 2. The summed E-state index contributed by atoms with van der Waals surface area (Å²) in [7, 11) is 0. The number of rotatable bonds is 3. The van der Waals surface area contributed by atoms with Crippen LogP contribution in [0.1, 0.15) is 43.9 Å². The lowest BCUT2D eigenvalue weighted by atomic mass is 10.0. The summed E-state index contributed by atoms with van der Waals surface area (Å²) in [4.78, 5) is 10.3. The monoisotopic (exact) mass is 273 g/mol. The van der Waals surface area contributed by atoms with E-state index in [9.17, 15) is 5.11 Å². The van der Waals surface area contributed by atoms with Gasteiger partial charge in [0, 0.05) is 30.4 Å². The smallest absolute Gasteiger partial charge is 0.137 e. The van der Waals surface area contributed by atoms with Gasteiger partial charge in [-0.25, -0.2) is 4.98 Å². The normalized spacial score (nSPS) is 20.9. The number of likely N-dealkylation sites (tertiary alicyclic amines) is 1. The average Bonchev–Trinajstić information content (AvgIpc) is 2.78. The van der Waals surface area contributed by atoms with Crippen molar-refractivity contribution in [1.29, 1.82) is 0 Å². The minimum Gasteiger partial charge on any atom is -0.392 e. The number of aliphatic hydroxyl groups excluding tert-OH is 1. The van der Waals surface area contributed by atoms with Gasteiger partial charge in [0.2, 0.25) is 0 Å². The highest BCUT2D eigenvalue weighted by molar-refractivity contribution is 5.81. The molecule has 3 heterocycles. The van der Waals surface area contributed by atoms with Crippen LogP contribution in [0.2, 0.25) is 0 Å². The zero-order valence-electron chi connectivity index (χ0n) is 12.3. The minimum atomic E-state index is -0.172. The van der Waals surface area contributed by atoms with E-state index in [1.54, 1.807) is 0 Å². The number of piperidine rings is 1. The number of β-amino-alcohol motifs (C(OH)–C–C–N with tert-alkyl or cyclic N) is 1. The van der Waals surface area contributed by atoms with Crippen LogP contribution in [-0.4, -0.2) is 39.2 Å². The van der Waals surface area contributed by atoms with Crippen molar-refractivity contribution in [2.75, 3.05) is 13.1 Å². The molecule has 20 heavy (non-hydrogen) atoms. The topological polar surface area (TPSA) is 52.2 Å². The number of aliphatic hydroxyl groups is 1. The van der Waals surface area contributed by atoms with Gasteiger partial charge in [-0.3, -0.25) is 4.90 Å². The summed E-state index contributed by atoms with van der Waals surface area (Å²) in [5, 5.41) is 11.1. The molecule has 0 spiro atoms. The van der Waals surface area contributed by atoms with Crippen LogP contribution < -0.4 is 0 Å². The van der Waals surface area contributed by atoms with Gasteiger partial charge in [0.25, 0.3) is 0 Å². The molecule has 108 valence electrons. The summed E-state index contributed by atoms with van der Waals surface area (Å²) in [5.41, 5.74) is 3.60. The number of pyridine rings is 1. The highest BCUT2D eigenvalue weighted by Crippen LogP contribution is 2.28. The SMILES string of the molecule is CC(C)c1[nH]c2ncccc2c1CN1CCCC(O)C1. The Labute approximate surface area is 119 Å². The van der Waals surface area contributed by atoms with Gasteiger partial charge in [-0.1, -0.05) is 13.8 Å². The number of aromatic amines is 1. The molecule has 0 amide bonds. The van der Waals surface area contributed by atoms with Crippen molar-refractivity contribution in [2.45, 2.75) is 45.3 Å². The van der Waals surface area contributed by atoms with Crippen molar-refractivity contribution >= 4 is 11.0 Å². The zero-order chi connectivity index (χ0) is 14.1. The summed E-state index contributed by atoms with van der Waals surface area (Å²) in [6.45, 7) is 7.17. The Bertz CT molecular complexity index is 590. The van der Waals surface area contributed by atoms with Gasteiger partial charge in [0.05, 0.1) is 6.10 Å². The van der Waals surface area contributed by atoms with E-state index in [1.165, 1.54) is 16.6 Å². The van der Waals surface area contributed by atoms with E-state index in [1.807, 2.05) is 12.3 Å². The van der Waals surface area contributed by atoms with E-state index in [2.05, 4.69) is 34.8 Å². The third-order valence-corrected chi connectivity index (χ3v) is 4.15. The lowest BCUT2D eigenvalue weighted by molar-refractivity contribution is 0.0669. The molecule has 1 unspecified atom stereocenters. The van der Waals surface area contributed by atoms with Crippen LogP contribution in [0, 0.1) is 0 Å². The Hall–Kier alpha value is -1.39. The highest BCUT2D eigenvalue weighted by Gasteiger charge is 2.21. The Morgan fingerprint density at radius 2 is 2.35 bits per heavy atom. The molecule has 0 bridgehead atoms. The van der Waals surface area contributed by atoms with E-state index in [0.29, 0.717) is 5.92 Å². The summed E-state index contributed by atoms with van der Waals surface area (Å²) in [6.07, 6.45) is 3.67. The first kappa shape index (κ1) is 13.6. The highest BCUT2D eigenvalue weighted by atomic mass is 16.3. The fourth-order valence-electron chi connectivity index (χ4n) is 3.16. The van der Waals surface area contributed by atoms with Gasteiger partial charge < -0.3 is 10.1 Å². The molecule has 2 aromatic rings. The molecule has 1 aliphatic heterocycles. The van der Waals surface area contributed by atoms with E-state index in [4.69, 9.17) is 0 Å². The second-order valence-electron chi connectivity index (χ2n) is 6.10. The number of nitrogens with one attached hydrogen (secondary N) is 1. The molecule has 2 N–H and O–H groups in total. The lowest BCUT2D eigenvalue weighted by Crippen LogP contribution is -2.37. The van der Waals surface area contributed by atoms with Crippen molar-refractivity contribution in [1.82, 2.24) is 14.9 Å². The van der Waals surface area contributed by atoms with Crippen molar-refractivity contribution < 1.29 is 5.11 Å². The van der Waals surface area contributed by atoms with Crippen LogP contribution in [0.4, 0.5) is 0 Å². The summed E-state index contributed by atoms with van der Waals surface area (Å²) < 4.78 is 0. The molecule has 4 heteroatoms. The standard InChI is InChI=1S/C16H23N3O/c1-11(2)15-14(10-19-8-4-5-12(20)9-19)13-6-3-7-17-16(13)18-15/h3,6-7,11-12,20H,4-5,8-10H2,1-2H3,(H,17,18). The Morgan fingerprint density at radius 3 is 3.10 bits per heavy atom. The van der Waals surface area contributed by atoms with Gasteiger partial charge >= 0.3 is 0 Å². The van der Waals surface area contributed by atoms with Gasteiger partial charge in [0.15, 0.2) is 0 Å². The number of fused-ring (bicyclic) bond motifs is 1. The van der Waals surface area contributed by atoms with Gasteiger partial charge in [-0.2, -0.15) is 0 Å². The summed E-state index contributed by atoms with van der Waals surface area (Å²) in [6, 6.07) is 4.13. The third-order valence-electron chi connectivity index (χ3n) is 4.15. The predicted octanol–water partition coefficient (Wildman–Crippen LogP) is 2.64. The van der Waals surface area contributed by atoms with Crippen molar-refractivity contribution in [2.24, 2.45) is 0 Å². The summed E-state index contributed by atoms with van der Waals surface area (Å²) >= 11 is 0. The number of H-pyrrole nitrogens is 1.